The van der Waals surface area contributed by atoms with Gasteiger partial charge >= 0.3 is 0 Å². The van der Waals surface area contributed by atoms with Crippen molar-refractivity contribution in [2.75, 3.05) is 39.4 Å². The summed E-state index contributed by atoms with van der Waals surface area (Å²) in [6, 6.07) is 6.97. The second kappa shape index (κ2) is 12.0. The molecular formula is C31H34I2N4O8. The molecular weight excluding hydrogens is 810 g/mol. The molecule has 240 valence electrons. The maximum atomic E-state index is 14.0. The minimum atomic E-state index is -0.638. The molecule has 0 aromatic heterocycles. The number of rotatable bonds is 4. The summed E-state index contributed by atoms with van der Waals surface area (Å²) in [5, 5.41) is 5.40. The van der Waals surface area contributed by atoms with E-state index < -0.39 is 12.5 Å². The van der Waals surface area contributed by atoms with E-state index in [9.17, 15) is 19.2 Å². The van der Waals surface area contributed by atoms with Gasteiger partial charge in [0.05, 0.1) is 14.7 Å². The fourth-order valence-electron chi connectivity index (χ4n) is 7.06. The van der Waals surface area contributed by atoms with E-state index in [4.69, 9.17) is 18.9 Å². The number of fused-ring (bicyclic) bond motifs is 4. The van der Waals surface area contributed by atoms with Gasteiger partial charge in [0.1, 0.15) is 13.2 Å². The number of amides is 4. The average molecular weight is 844 g/mol. The van der Waals surface area contributed by atoms with Crippen LogP contribution in [0.15, 0.2) is 24.3 Å². The molecule has 45 heavy (non-hydrogen) atoms. The summed E-state index contributed by atoms with van der Waals surface area (Å²) in [6.45, 7) is 9.38. The SMILES string of the molecule is CC(=O)NC1COc2cc(I)c(C(=O)N3CC4(C)CN(C(=O)c5ccc6c(c5I)OC(NC(C)=O)CO6)CC(C)(C3)C4)cc2O1. The third kappa shape index (κ3) is 6.49. The van der Waals surface area contributed by atoms with Crippen LogP contribution in [0.4, 0.5) is 0 Å². The maximum absolute atomic E-state index is 14.0. The number of piperidine rings is 2. The monoisotopic (exact) mass is 844 g/mol. The molecule has 0 spiro atoms. The van der Waals surface area contributed by atoms with Crippen LogP contribution < -0.4 is 29.6 Å². The lowest BCUT2D eigenvalue weighted by atomic mass is 9.65. The Hall–Kier alpha value is -3.02. The first-order chi connectivity index (χ1) is 21.2. The van der Waals surface area contributed by atoms with E-state index in [2.05, 4.69) is 69.7 Å². The number of nitrogens with zero attached hydrogens (tertiary/aromatic N) is 2. The molecule has 2 N–H and O–H groups in total. The highest BCUT2D eigenvalue weighted by Crippen LogP contribution is 2.47. The number of ether oxygens (including phenoxy) is 4. The van der Waals surface area contributed by atoms with Crippen molar-refractivity contribution in [2.24, 2.45) is 10.8 Å². The summed E-state index contributed by atoms with van der Waals surface area (Å²) in [5.74, 6) is 1.22. The highest BCUT2D eigenvalue weighted by molar-refractivity contribution is 14.1. The van der Waals surface area contributed by atoms with E-state index in [0.717, 1.165) is 9.99 Å². The van der Waals surface area contributed by atoms with Crippen molar-refractivity contribution >= 4 is 68.8 Å². The first-order valence-electron chi connectivity index (χ1n) is 14.6. The zero-order valence-electron chi connectivity index (χ0n) is 25.3. The van der Waals surface area contributed by atoms with Crippen molar-refractivity contribution in [1.29, 1.82) is 0 Å². The van der Waals surface area contributed by atoms with Gasteiger partial charge in [-0.3, -0.25) is 19.2 Å². The molecule has 0 radical (unpaired) electrons. The lowest BCUT2D eigenvalue weighted by Crippen LogP contribution is -2.64. The van der Waals surface area contributed by atoms with Crippen LogP contribution in [0.5, 0.6) is 23.0 Å². The minimum Gasteiger partial charge on any atom is -0.484 e. The zero-order valence-corrected chi connectivity index (χ0v) is 29.6. The maximum Gasteiger partial charge on any atom is 0.255 e. The van der Waals surface area contributed by atoms with Crippen molar-refractivity contribution in [3.05, 3.63) is 42.5 Å². The average Bonchev–Trinajstić information content (AvgIpc) is 2.94. The van der Waals surface area contributed by atoms with Crippen molar-refractivity contribution in [1.82, 2.24) is 20.4 Å². The van der Waals surface area contributed by atoms with Gasteiger partial charge in [-0.25, -0.2) is 0 Å². The largest absolute Gasteiger partial charge is 0.484 e. The number of halogens is 2. The van der Waals surface area contributed by atoms with Crippen LogP contribution in [0.3, 0.4) is 0 Å². The fourth-order valence-corrected chi connectivity index (χ4v) is 8.53. The molecule has 4 unspecified atom stereocenters. The van der Waals surface area contributed by atoms with Crippen LogP contribution in [-0.4, -0.2) is 85.3 Å². The van der Waals surface area contributed by atoms with Gasteiger partial charge in [-0.2, -0.15) is 0 Å². The first-order valence-corrected chi connectivity index (χ1v) is 16.8. The molecule has 12 nitrogen and oxygen atoms in total. The van der Waals surface area contributed by atoms with Gasteiger partial charge in [0.25, 0.3) is 11.8 Å². The molecule has 6 rings (SSSR count). The van der Waals surface area contributed by atoms with Crippen molar-refractivity contribution in [3.8, 4) is 23.0 Å². The van der Waals surface area contributed by atoms with Gasteiger partial charge in [-0.05, 0) is 75.9 Å². The highest BCUT2D eigenvalue weighted by atomic mass is 127. The van der Waals surface area contributed by atoms with Crippen LogP contribution in [0.1, 0.15) is 54.8 Å². The Labute approximate surface area is 288 Å². The van der Waals surface area contributed by atoms with Gasteiger partial charge in [-0.1, -0.05) is 13.8 Å². The number of hydrogen-bond donors (Lipinski definition) is 2. The Bertz CT molecular complexity index is 1550. The normalized spacial score (nSPS) is 26.5. The Morgan fingerprint density at radius 3 is 1.87 bits per heavy atom. The second-order valence-electron chi connectivity index (χ2n) is 12.9. The standard InChI is InChI=1S/C31H34I2N4O8/c1-16(38)34-24-9-43-22-8-20(32)19(7-23(22)44-24)29(41)37-14-30(3)11-31(4,15-37)13-36(12-30)28(40)18-5-6-21-27(26(18)33)45-25(10-42-21)35-17(2)39/h5-8,24-25H,9-15H2,1-4H3,(H,34,38)(H,35,39). The van der Waals surface area contributed by atoms with Crippen LogP contribution in [0.25, 0.3) is 0 Å². The van der Waals surface area contributed by atoms with Crippen LogP contribution in [0.2, 0.25) is 0 Å². The van der Waals surface area contributed by atoms with Crippen LogP contribution in [-0.2, 0) is 9.59 Å². The van der Waals surface area contributed by atoms with Crippen LogP contribution >= 0.6 is 45.2 Å². The predicted molar refractivity (Wildman–Crippen MR) is 178 cm³/mol. The third-order valence-electron chi connectivity index (χ3n) is 8.31. The highest BCUT2D eigenvalue weighted by Gasteiger charge is 2.51. The summed E-state index contributed by atoms with van der Waals surface area (Å²) in [4.78, 5) is 54.9. The predicted octanol–water partition coefficient (Wildman–Crippen LogP) is 3.38. The summed E-state index contributed by atoms with van der Waals surface area (Å²) in [6.07, 6.45) is -0.397. The number of nitrogens with one attached hydrogen (secondary N) is 2. The first kappa shape index (κ1) is 31.9. The molecule has 4 heterocycles. The van der Waals surface area contributed by atoms with Gasteiger partial charge < -0.3 is 39.4 Å². The molecule has 4 amide bonds. The minimum absolute atomic E-state index is 0.112. The lowest BCUT2D eigenvalue weighted by molar-refractivity contribution is -0.123. The number of likely N-dealkylation sites (tertiary alicyclic amines) is 2. The Morgan fingerprint density at radius 1 is 0.756 bits per heavy atom. The van der Waals surface area contributed by atoms with E-state index in [1.54, 1.807) is 24.3 Å². The molecule has 0 aliphatic carbocycles. The van der Waals surface area contributed by atoms with Crippen molar-refractivity contribution in [3.63, 3.8) is 0 Å². The summed E-state index contributed by atoms with van der Waals surface area (Å²) in [5.41, 5.74) is 0.347. The van der Waals surface area contributed by atoms with Gasteiger partial charge in [0.2, 0.25) is 24.3 Å². The van der Waals surface area contributed by atoms with Gasteiger partial charge in [-0.15, -0.1) is 0 Å². The molecule has 4 atom stereocenters. The third-order valence-corrected chi connectivity index (χ3v) is 10.3. The molecule has 4 aliphatic heterocycles. The molecule has 2 aromatic carbocycles. The van der Waals surface area contributed by atoms with E-state index in [1.807, 2.05) is 9.80 Å². The smallest absolute Gasteiger partial charge is 0.255 e. The number of benzene rings is 2. The quantitative estimate of drug-likeness (QED) is 0.448. The molecule has 2 bridgehead atoms. The number of carbonyl (C=O) groups excluding carboxylic acids is 4. The molecule has 2 saturated heterocycles. The Morgan fingerprint density at radius 2 is 1.29 bits per heavy atom. The van der Waals surface area contributed by atoms with E-state index in [-0.39, 0.29) is 47.7 Å². The van der Waals surface area contributed by atoms with Gasteiger partial charge in [0.15, 0.2) is 23.0 Å². The van der Waals surface area contributed by atoms with Crippen molar-refractivity contribution in [2.45, 2.75) is 46.6 Å². The topological polar surface area (TPSA) is 136 Å². The van der Waals surface area contributed by atoms with E-state index >= 15 is 0 Å². The summed E-state index contributed by atoms with van der Waals surface area (Å²) < 4.78 is 24.9. The fraction of sp³-hybridized carbons (Fsp3) is 0.484. The van der Waals surface area contributed by atoms with Crippen molar-refractivity contribution < 1.29 is 38.1 Å². The Kier molecular flexibility index (Phi) is 8.50. The summed E-state index contributed by atoms with van der Waals surface area (Å²) >= 11 is 4.24. The molecule has 0 saturated carbocycles. The van der Waals surface area contributed by atoms with E-state index in [1.165, 1.54) is 13.8 Å². The van der Waals surface area contributed by atoms with Crippen LogP contribution in [0, 0.1) is 18.0 Å². The molecule has 14 heteroatoms. The molecule has 4 aliphatic rings. The number of carbonyl (C=O) groups is 4. The van der Waals surface area contributed by atoms with Gasteiger partial charge in [0, 0.05) is 54.4 Å². The van der Waals surface area contributed by atoms with E-state index in [0.29, 0.717) is 63.9 Å². The molecule has 2 aromatic rings. The number of hydrogen-bond acceptors (Lipinski definition) is 8. The summed E-state index contributed by atoms with van der Waals surface area (Å²) in [7, 11) is 0. The molecule has 2 fully saturated rings. The Balaban J connectivity index is 1.20. The second-order valence-corrected chi connectivity index (χ2v) is 15.1. The zero-order chi connectivity index (χ0) is 32.3. The lowest BCUT2D eigenvalue weighted by Gasteiger charge is -2.56.